The van der Waals surface area contributed by atoms with E-state index in [2.05, 4.69) is 43.3 Å². The van der Waals surface area contributed by atoms with Gasteiger partial charge in [0, 0.05) is 34.0 Å². The van der Waals surface area contributed by atoms with Crippen molar-refractivity contribution >= 4 is 29.3 Å². The lowest BCUT2D eigenvalue weighted by molar-refractivity contribution is -0.125. The molecular formula is C25H21NO3S. The smallest absolute Gasteiger partial charge is 0.338 e. The molecule has 1 fully saturated rings. The maximum absolute atomic E-state index is 12.8. The first-order valence-electron chi connectivity index (χ1n) is 10.0. The summed E-state index contributed by atoms with van der Waals surface area (Å²) in [6.45, 7) is 3.82. The van der Waals surface area contributed by atoms with Crippen molar-refractivity contribution in [3.8, 4) is 10.4 Å². The minimum Gasteiger partial charge on any atom is -0.457 e. The van der Waals surface area contributed by atoms with Gasteiger partial charge in [-0.1, -0.05) is 35.9 Å². The van der Waals surface area contributed by atoms with Gasteiger partial charge in [0.25, 0.3) is 0 Å². The van der Waals surface area contributed by atoms with Crippen LogP contribution < -0.4 is 0 Å². The number of cyclic esters (lactones) is 1. The van der Waals surface area contributed by atoms with Crippen LogP contribution in [0.1, 0.15) is 38.3 Å². The van der Waals surface area contributed by atoms with Crippen LogP contribution in [-0.2, 0) is 22.7 Å². The van der Waals surface area contributed by atoms with Crippen molar-refractivity contribution in [3.05, 3.63) is 87.3 Å². The van der Waals surface area contributed by atoms with Gasteiger partial charge in [-0.25, -0.2) is 4.79 Å². The molecule has 1 amide bonds. The number of ether oxygens (including phenoxy) is 1. The third-order valence-electron chi connectivity index (χ3n) is 5.62. The molecule has 0 aliphatic carbocycles. The van der Waals surface area contributed by atoms with Crippen LogP contribution in [0.3, 0.4) is 0 Å². The Balaban J connectivity index is 1.31. The van der Waals surface area contributed by atoms with Crippen molar-refractivity contribution < 1.29 is 14.3 Å². The van der Waals surface area contributed by atoms with Gasteiger partial charge in [0.15, 0.2) is 0 Å². The zero-order valence-electron chi connectivity index (χ0n) is 16.7. The molecule has 1 aromatic heterocycles. The van der Waals surface area contributed by atoms with E-state index in [0.717, 1.165) is 45.0 Å². The number of likely N-dealkylation sites (tertiary alicyclic amines) is 1. The van der Waals surface area contributed by atoms with E-state index < -0.39 is 0 Å². The monoisotopic (exact) mass is 415 g/mol. The molecule has 2 aliphatic heterocycles. The predicted molar refractivity (Wildman–Crippen MR) is 118 cm³/mol. The molecule has 3 aromatic rings. The Kier molecular flexibility index (Phi) is 4.75. The van der Waals surface area contributed by atoms with Crippen molar-refractivity contribution in [2.75, 3.05) is 6.54 Å². The average Bonchev–Trinajstić information content (AvgIpc) is 3.45. The van der Waals surface area contributed by atoms with Crippen LogP contribution in [0.25, 0.3) is 16.5 Å². The molecule has 5 heteroatoms. The normalized spacial score (nSPS) is 17.0. The molecule has 3 heterocycles. The Morgan fingerprint density at radius 1 is 1.07 bits per heavy atom. The first-order valence-corrected chi connectivity index (χ1v) is 10.8. The van der Waals surface area contributed by atoms with Crippen LogP contribution >= 0.6 is 11.3 Å². The third-order valence-corrected chi connectivity index (χ3v) is 6.70. The molecular weight excluding hydrogens is 394 g/mol. The van der Waals surface area contributed by atoms with E-state index in [0.29, 0.717) is 18.7 Å². The van der Waals surface area contributed by atoms with Crippen LogP contribution in [0.5, 0.6) is 0 Å². The number of nitrogens with zero attached hydrogens (tertiary/aromatic N) is 1. The molecule has 150 valence electrons. The lowest BCUT2D eigenvalue weighted by Gasteiger charge is -2.15. The second-order valence-corrected chi connectivity index (χ2v) is 8.90. The number of carbonyl (C=O) groups excluding carboxylic acids is 2. The molecule has 0 N–H and O–H groups in total. The third kappa shape index (κ3) is 3.57. The number of thiophene rings is 1. The number of hydrogen-bond donors (Lipinski definition) is 0. The fourth-order valence-electron chi connectivity index (χ4n) is 3.91. The molecule has 0 atom stereocenters. The van der Waals surface area contributed by atoms with Crippen molar-refractivity contribution in [2.45, 2.75) is 26.5 Å². The van der Waals surface area contributed by atoms with Crippen molar-refractivity contribution in [3.63, 3.8) is 0 Å². The Morgan fingerprint density at radius 3 is 2.73 bits per heavy atom. The summed E-state index contributed by atoms with van der Waals surface area (Å²) in [5.41, 5.74) is 5.91. The number of carbonyl (C=O) groups is 2. The van der Waals surface area contributed by atoms with Crippen LogP contribution in [0.2, 0.25) is 0 Å². The summed E-state index contributed by atoms with van der Waals surface area (Å²) in [6.07, 6.45) is 2.79. The SMILES string of the molecule is Cc1ccc(CN2CC/C(=C\c3ccc(-c4ccc5c(c4)COC5=O)s3)C2=O)cc1. The Morgan fingerprint density at radius 2 is 1.90 bits per heavy atom. The lowest BCUT2D eigenvalue weighted by Crippen LogP contribution is -2.24. The maximum Gasteiger partial charge on any atom is 0.338 e. The van der Waals surface area contributed by atoms with E-state index in [9.17, 15) is 9.59 Å². The minimum atomic E-state index is -0.247. The number of benzene rings is 2. The van der Waals surface area contributed by atoms with Gasteiger partial charge >= 0.3 is 5.97 Å². The van der Waals surface area contributed by atoms with Gasteiger partial charge in [0.05, 0.1) is 5.56 Å². The van der Waals surface area contributed by atoms with Crippen molar-refractivity contribution in [2.24, 2.45) is 0 Å². The number of hydrogen-bond acceptors (Lipinski definition) is 4. The molecule has 2 aliphatic rings. The van der Waals surface area contributed by atoms with Crippen molar-refractivity contribution in [1.29, 1.82) is 0 Å². The molecule has 4 nitrogen and oxygen atoms in total. The van der Waals surface area contributed by atoms with E-state index in [1.54, 1.807) is 11.3 Å². The summed E-state index contributed by atoms with van der Waals surface area (Å²) in [5.74, 6) is -0.123. The van der Waals surface area contributed by atoms with Crippen molar-refractivity contribution in [1.82, 2.24) is 4.90 Å². The van der Waals surface area contributed by atoms with Crippen LogP contribution in [0, 0.1) is 6.92 Å². The van der Waals surface area contributed by atoms with E-state index >= 15 is 0 Å². The molecule has 30 heavy (non-hydrogen) atoms. The highest BCUT2D eigenvalue weighted by atomic mass is 32.1. The minimum absolute atomic E-state index is 0.124. The Bertz CT molecular complexity index is 1170. The van der Waals surface area contributed by atoms with Crippen LogP contribution in [0.4, 0.5) is 0 Å². The zero-order valence-corrected chi connectivity index (χ0v) is 17.5. The second kappa shape index (κ2) is 7.58. The Hall–Kier alpha value is -3.18. The molecule has 0 spiro atoms. The molecule has 0 saturated carbocycles. The largest absolute Gasteiger partial charge is 0.457 e. The van der Waals surface area contributed by atoms with Gasteiger partial charge in [-0.15, -0.1) is 11.3 Å². The van der Waals surface area contributed by atoms with Gasteiger partial charge in [-0.2, -0.15) is 0 Å². The topological polar surface area (TPSA) is 46.6 Å². The summed E-state index contributed by atoms with van der Waals surface area (Å²) in [4.78, 5) is 28.6. The van der Waals surface area contributed by atoms with Gasteiger partial charge in [0.1, 0.15) is 6.61 Å². The average molecular weight is 416 g/mol. The summed E-state index contributed by atoms with van der Waals surface area (Å²) in [6, 6.07) is 18.3. The first kappa shape index (κ1) is 18.8. The predicted octanol–water partition coefficient (Wildman–Crippen LogP) is 5.21. The molecule has 0 unspecified atom stereocenters. The summed E-state index contributed by atoms with van der Waals surface area (Å²) in [5, 5.41) is 0. The maximum atomic E-state index is 12.8. The number of esters is 1. The lowest BCUT2D eigenvalue weighted by atomic mass is 10.1. The molecule has 5 rings (SSSR count). The fourth-order valence-corrected chi connectivity index (χ4v) is 4.88. The Labute approximate surface area is 179 Å². The van der Waals surface area contributed by atoms with E-state index in [1.807, 2.05) is 29.2 Å². The van der Waals surface area contributed by atoms with E-state index in [4.69, 9.17) is 4.74 Å². The molecule has 0 bridgehead atoms. The molecule has 0 radical (unpaired) electrons. The highest BCUT2D eigenvalue weighted by Gasteiger charge is 2.26. The van der Waals surface area contributed by atoms with E-state index in [-0.39, 0.29) is 11.9 Å². The second-order valence-electron chi connectivity index (χ2n) is 7.78. The standard InChI is InChI=1S/C25H21NO3S/c1-16-2-4-17(5-3-16)14-26-11-10-19(24(26)27)13-21-7-9-23(30-21)18-6-8-22-20(12-18)15-29-25(22)28/h2-9,12-13H,10-11,14-15H2,1H3/b19-13+. The fraction of sp³-hybridized carbons (Fsp3) is 0.200. The first-order chi connectivity index (χ1) is 14.6. The summed E-state index contributed by atoms with van der Waals surface area (Å²) < 4.78 is 5.09. The number of fused-ring (bicyclic) bond motifs is 1. The highest BCUT2D eigenvalue weighted by molar-refractivity contribution is 7.16. The molecule has 1 saturated heterocycles. The highest BCUT2D eigenvalue weighted by Crippen LogP contribution is 2.33. The number of rotatable bonds is 4. The zero-order chi connectivity index (χ0) is 20.7. The molecule has 2 aromatic carbocycles. The summed E-state index contributed by atoms with van der Waals surface area (Å²) >= 11 is 1.66. The van der Waals surface area contributed by atoms with Crippen LogP contribution in [0.15, 0.2) is 60.2 Å². The number of amides is 1. The van der Waals surface area contributed by atoms with Gasteiger partial charge in [-0.3, -0.25) is 4.79 Å². The summed E-state index contributed by atoms with van der Waals surface area (Å²) in [7, 11) is 0. The number of aryl methyl sites for hydroxylation is 1. The van der Waals surface area contributed by atoms with Gasteiger partial charge < -0.3 is 9.64 Å². The quantitative estimate of drug-likeness (QED) is 0.434. The van der Waals surface area contributed by atoms with Gasteiger partial charge in [-0.05, 0) is 54.8 Å². The van der Waals surface area contributed by atoms with Crippen LogP contribution in [-0.4, -0.2) is 23.3 Å². The van der Waals surface area contributed by atoms with Gasteiger partial charge in [0.2, 0.25) is 5.91 Å². The van der Waals surface area contributed by atoms with E-state index in [1.165, 1.54) is 5.56 Å².